The lowest BCUT2D eigenvalue weighted by atomic mass is 10.1. The number of oxazole rings is 1. The van der Waals surface area contributed by atoms with E-state index in [1.165, 1.54) is 31.2 Å². The Hall–Kier alpha value is -2.55. The van der Waals surface area contributed by atoms with Gasteiger partial charge in [-0.1, -0.05) is 23.7 Å². The average Bonchev–Trinajstić information content (AvgIpc) is 2.92. The van der Waals surface area contributed by atoms with E-state index in [2.05, 4.69) is 14.1 Å². The second-order valence-corrected chi connectivity index (χ2v) is 4.81. The SMILES string of the molecule is CCOC(=O)C(=O)Nc1oc(C(F)(F)F)nc1-c1ccc(Cl)cc1. The minimum Gasteiger partial charge on any atom is -0.459 e. The molecule has 0 radical (unpaired) electrons. The number of carbonyl (C=O) groups is 2. The molecule has 2 rings (SSSR count). The van der Waals surface area contributed by atoms with E-state index in [1.54, 1.807) is 0 Å². The lowest BCUT2D eigenvalue weighted by molar-refractivity contribution is -0.156. The number of aromatic nitrogens is 1. The van der Waals surface area contributed by atoms with E-state index in [1.807, 2.05) is 5.32 Å². The van der Waals surface area contributed by atoms with Gasteiger partial charge in [-0.2, -0.15) is 13.2 Å². The zero-order valence-electron chi connectivity index (χ0n) is 12.1. The molecule has 0 fully saturated rings. The third kappa shape index (κ3) is 4.05. The Bertz CT molecular complexity index is 756. The maximum Gasteiger partial charge on any atom is 0.469 e. The number of amides is 1. The van der Waals surface area contributed by atoms with Gasteiger partial charge in [-0.3, -0.25) is 10.1 Å². The lowest BCUT2D eigenvalue weighted by Gasteiger charge is -2.04. The fraction of sp³-hybridized carbons (Fsp3) is 0.214. The molecule has 0 aliphatic rings. The van der Waals surface area contributed by atoms with E-state index in [4.69, 9.17) is 11.6 Å². The van der Waals surface area contributed by atoms with Crippen LogP contribution in [0.15, 0.2) is 28.7 Å². The van der Waals surface area contributed by atoms with E-state index in [9.17, 15) is 22.8 Å². The maximum absolute atomic E-state index is 12.8. The van der Waals surface area contributed by atoms with Crippen molar-refractivity contribution in [3.63, 3.8) is 0 Å². The molecule has 2 aromatic rings. The molecule has 0 atom stereocenters. The van der Waals surface area contributed by atoms with Gasteiger partial charge in [0.15, 0.2) is 0 Å². The normalized spacial score (nSPS) is 11.2. The van der Waals surface area contributed by atoms with Crippen molar-refractivity contribution < 1.29 is 31.9 Å². The van der Waals surface area contributed by atoms with E-state index in [0.29, 0.717) is 5.02 Å². The fourth-order valence-electron chi connectivity index (χ4n) is 1.68. The highest BCUT2D eigenvalue weighted by Crippen LogP contribution is 2.36. The summed E-state index contributed by atoms with van der Waals surface area (Å²) in [5.74, 6) is -4.73. The molecule has 24 heavy (non-hydrogen) atoms. The molecular weight excluding hydrogens is 353 g/mol. The maximum atomic E-state index is 12.8. The molecule has 0 spiro atoms. The Balaban J connectivity index is 2.41. The quantitative estimate of drug-likeness (QED) is 0.667. The van der Waals surface area contributed by atoms with Gasteiger partial charge in [0.2, 0.25) is 5.88 Å². The monoisotopic (exact) mass is 362 g/mol. The van der Waals surface area contributed by atoms with Crippen molar-refractivity contribution >= 4 is 29.4 Å². The molecular formula is C14H10ClF3N2O4. The number of benzene rings is 1. The molecule has 6 nitrogen and oxygen atoms in total. The van der Waals surface area contributed by atoms with Crippen LogP contribution in [0, 0.1) is 0 Å². The summed E-state index contributed by atoms with van der Waals surface area (Å²) in [6.45, 7) is 1.40. The first kappa shape index (κ1) is 17.8. The minimum atomic E-state index is -4.87. The van der Waals surface area contributed by atoms with Gasteiger partial charge in [0, 0.05) is 10.6 Å². The van der Waals surface area contributed by atoms with Crippen LogP contribution >= 0.6 is 11.6 Å². The molecule has 0 bridgehead atoms. The fourth-order valence-corrected chi connectivity index (χ4v) is 1.81. The summed E-state index contributed by atoms with van der Waals surface area (Å²) in [7, 11) is 0. The summed E-state index contributed by atoms with van der Waals surface area (Å²) >= 11 is 5.72. The van der Waals surface area contributed by atoms with Crippen LogP contribution in [0.25, 0.3) is 11.3 Å². The van der Waals surface area contributed by atoms with Crippen LogP contribution in [0.2, 0.25) is 5.02 Å². The van der Waals surface area contributed by atoms with E-state index in [-0.39, 0.29) is 17.9 Å². The van der Waals surface area contributed by atoms with E-state index >= 15 is 0 Å². The Kier molecular flexibility index (Phi) is 5.13. The average molecular weight is 363 g/mol. The summed E-state index contributed by atoms with van der Waals surface area (Å²) < 4.78 is 47.4. The van der Waals surface area contributed by atoms with Crippen LogP contribution in [0.1, 0.15) is 12.8 Å². The number of hydrogen-bond acceptors (Lipinski definition) is 5. The van der Waals surface area contributed by atoms with Crippen molar-refractivity contribution in [3.05, 3.63) is 35.2 Å². The molecule has 1 aromatic carbocycles. The number of rotatable bonds is 3. The Morgan fingerprint density at radius 2 is 1.92 bits per heavy atom. The van der Waals surface area contributed by atoms with Crippen molar-refractivity contribution in [2.24, 2.45) is 0 Å². The number of nitrogens with one attached hydrogen (secondary N) is 1. The van der Waals surface area contributed by atoms with Crippen LogP contribution in [0.4, 0.5) is 19.1 Å². The molecule has 128 valence electrons. The Morgan fingerprint density at radius 1 is 1.29 bits per heavy atom. The molecule has 0 saturated carbocycles. The number of nitrogens with zero attached hydrogens (tertiary/aromatic N) is 1. The van der Waals surface area contributed by atoms with E-state index in [0.717, 1.165) is 0 Å². The van der Waals surface area contributed by atoms with E-state index < -0.39 is 29.8 Å². The molecule has 10 heteroatoms. The number of esters is 1. The topological polar surface area (TPSA) is 81.4 Å². The summed E-state index contributed by atoms with van der Waals surface area (Å²) in [4.78, 5) is 26.3. The third-order valence-corrected chi connectivity index (χ3v) is 2.93. The number of carbonyl (C=O) groups excluding carboxylic acids is 2. The van der Waals surface area contributed by atoms with Crippen molar-refractivity contribution in [2.45, 2.75) is 13.1 Å². The molecule has 0 aliphatic heterocycles. The van der Waals surface area contributed by atoms with Gasteiger partial charge in [-0.25, -0.2) is 9.78 Å². The van der Waals surface area contributed by atoms with Gasteiger partial charge in [-0.05, 0) is 19.1 Å². The number of alkyl halides is 3. The number of ether oxygens (including phenoxy) is 1. The first-order valence-electron chi connectivity index (χ1n) is 6.54. The number of halogens is 4. The van der Waals surface area contributed by atoms with Crippen molar-refractivity contribution in [3.8, 4) is 11.3 Å². The molecule has 1 aromatic heterocycles. The van der Waals surface area contributed by atoms with Gasteiger partial charge in [0.1, 0.15) is 5.69 Å². The molecule has 0 aliphatic carbocycles. The predicted molar refractivity (Wildman–Crippen MR) is 77.2 cm³/mol. The molecule has 0 saturated heterocycles. The van der Waals surface area contributed by atoms with Crippen LogP contribution in [0.5, 0.6) is 0 Å². The third-order valence-electron chi connectivity index (χ3n) is 2.68. The minimum absolute atomic E-state index is 0.0689. The molecule has 1 N–H and O–H groups in total. The van der Waals surface area contributed by atoms with Gasteiger partial charge >= 0.3 is 23.9 Å². The first-order chi connectivity index (χ1) is 11.2. The molecule has 1 amide bonds. The highest BCUT2D eigenvalue weighted by atomic mass is 35.5. The van der Waals surface area contributed by atoms with Crippen LogP contribution in [-0.4, -0.2) is 23.5 Å². The van der Waals surface area contributed by atoms with Crippen molar-refractivity contribution in [2.75, 3.05) is 11.9 Å². The number of hydrogen-bond donors (Lipinski definition) is 1. The standard InChI is InChI=1S/C14H10ClF3N2O4/c1-2-23-12(22)10(21)20-11-9(7-3-5-8(15)6-4-7)19-13(24-11)14(16,17)18/h3-6H,2H2,1H3,(H,20,21). The van der Waals surface area contributed by atoms with Crippen LogP contribution in [-0.2, 0) is 20.5 Å². The van der Waals surface area contributed by atoms with Gasteiger partial charge in [0.05, 0.1) is 6.61 Å². The number of anilines is 1. The Morgan fingerprint density at radius 3 is 2.46 bits per heavy atom. The van der Waals surface area contributed by atoms with Gasteiger partial charge in [-0.15, -0.1) is 0 Å². The predicted octanol–water partition coefficient (Wildman–Crippen LogP) is 3.52. The summed E-state index contributed by atoms with van der Waals surface area (Å²) in [5.41, 5.74) is -0.0885. The summed E-state index contributed by atoms with van der Waals surface area (Å²) in [6.07, 6.45) is -4.87. The second kappa shape index (κ2) is 6.91. The largest absolute Gasteiger partial charge is 0.469 e. The smallest absolute Gasteiger partial charge is 0.459 e. The zero-order chi connectivity index (χ0) is 17.9. The Labute approximate surface area is 138 Å². The zero-order valence-corrected chi connectivity index (χ0v) is 12.9. The summed E-state index contributed by atoms with van der Waals surface area (Å²) in [5, 5.41) is 2.28. The molecule has 0 unspecified atom stereocenters. The lowest BCUT2D eigenvalue weighted by Crippen LogP contribution is -2.25. The van der Waals surface area contributed by atoms with Gasteiger partial charge < -0.3 is 9.15 Å². The summed E-state index contributed by atoms with van der Waals surface area (Å²) in [6, 6.07) is 5.63. The highest BCUT2D eigenvalue weighted by molar-refractivity contribution is 6.37. The highest BCUT2D eigenvalue weighted by Gasteiger charge is 2.39. The van der Waals surface area contributed by atoms with Crippen molar-refractivity contribution in [1.82, 2.24) is 4.98 Å². The van der Waals surface area contributed by atoms with Crippen LogP contribution < -0.4 is 5.32 Å². The second-order valence-electron chi connectivity index (χ2n) is 4.38. The first-order valence-corrected chi connectivity index (χ1v) is 6.92. The van der Waals surface area contributed by atoms with Crippen LogP contribution in [0.3, 0.4) is 0 Å². The molecule has 1 heterocycles. The van der Waals surface area contributed by atoms with Gasteiger partial charge in [0.25, 0.3) is 0 Å². The van der Waals surface area contributed by atoms with Crippen molar-refractivity contribution in [1.29, 1.82) is 0 Å².